The van der Waals surface area contributed by atoms with E-state index >= 15 is 0 Å². The van der Waals surface area contributed by atoms with Crippen LogP contribution in [-0.2, 0) is 6.18 Å². The van der Waals surface area contributed by atoms with Crippen molar-refractivity contribution in [3.8, 4) is 12.1 Å². The maximum absolute atomic E-state index is 12.5. The van der Waals surface area contributed by atoms with Gasteiger partial charge < -0.3 is 10.2 Å². The van der Waals surface area contributed by atoms with Gasteiger partial charge in [-0.25, -0.2) is 0 Å². The number of hydrogen-bond donors (Lipinski definition) is 1. The van der Waals surface area contributed by atoms with Crippen molar-refractivity contribution < 1.29 is 13.2 Å². The van der Waals surface area contributed by atoms with E-state index in [1.54, 1.807) is 0 Å². The van der Waals surface area contributed by atoms with Crippen LogP contribution in [0.4, 0.5) is 18.9 Å². The molecule has 1 saturated heterocycles. The van der Waals surface area contributed by atoms with Crippen molar-refractivity contribution in [2.45, 2.75) is 13.1 Å². The van der Waals surface area contributed by atoms with Crippen LogP contribution in [0.3, 0.4) is 0 Å². The highest BCUT2D eigenvalue weighted by Gasteiger charge is 2.31. The van der Waals surface area contributed by atoms with Crippen LogP contribution in [0.25, 0.3) is 0 Å². The number of nitriles is 2. The molecule has 140 valence electrons. The maximum atomic E-state index is 12.5. The number of anilines is 1. The summed E-state index contributed by atoms with van der Waals surface area (Å²) >= 11 is 0. The molecule has 2 aromatic rings. The molecule has 2 aromatic carbocycles. The molecular formula is C20H19F3N4. The first kappa shape index (κ1) is 20.3. The standard InChI is InChI=1S/C12H12F3N3.C8H7N/c13-12(14,15)10-1-2-11(9(7-10)8-16)18-5-3-17-4-6-18;1-7-4-2-3-5-8(7)6-9/h1-2,7,17H,3-6H2;2-5H,1H3. The molecule has 1 aliphatic heterocycles. The van der Waals surface area contributed by atoms with Crippen molar-refractivity contribution in [2.24, 2.45) is 0 Å². The van der Waals surface area contributed by atoms with E-state index in [0.717, 1.165) is 36.3 Å². The highest BCUT2D eigenvalue weighted by molar-refractivity contribution is 5.61. The summed E-state index contributed by atoms with van der Waals surface area (Å²) in [5, 5.41) is 20.6. The summed E-state index contributed by atoms with van der Waals surface area (Å²) in [7, 11) is 0. The Labute approximate surface area is 156 Å². The number of nitrogens with one attached hydrogen (secondary N) is 1. The zero-order valence-corrected chi connectivity index (χ0v) is 14.8. The van der Waals surface area contributed by atoms with Gasteiger partial charge in [-0.2, -0.15) is 23.7 Å². The fourth-order valence-electron chi connectivity index (χ4n) is 2.68. The average Bonchev–Trinajstić information content (AvgIpc) is 2.68. The zero-order chi connectivity index (χ0) is 19.9. The summed E-state index contributed by atoms with van der Waals surface area (Å²) in [5.41, 5.74) is 1.68. The van der Waals surface area contributed by atoms with Gasteiger partial charge in [-0.1, -0.05) is 18.2 Å². The van der Waals surface area contributed by atoms with E-state index in [1.165, 1.54) is 6.07 Å². The fraction of sp³-hybridized carbons (Fsp3) is 0.300. The SMILES string of the molecule is Cc1ccccc1C#N.N#Cc1cc(C(F)(F)F)ccc1N1CCNCC1. The van der Waals surface area contributed by atoms with Gasteiger partial charge in [0.05, 0.1) is 28.4 Å². The van der Waals surface area contributed by atoms with E-state index in [2.05, 4.69) is 11.4 Å². The van der Waals surface area contributed by atoms with Crippen molar-refractivity contribution in [1.82, 2.24) is 5.32 Å². The van der Waals surface area contributed by atoms with Gasteiger partial charge in [-0.05, 0) is 36.8 Å². The number of alkyl halides is 3. The molecule has 0 radical (unpaired) electrons. The lowest BCUT2D eigenvalue weighted by atomic mass is 10.1. The smallest absolute Gasteiger partial charge is 0.368 e. The summed E-state index contributed by atoms with van der Waals surface area (Å²) in [6.07, 6.45) is -4.41. The second-order valence-corrected chi connectivity index (χ2v) is 6.01. The molecule has 0 spiro atoms. The van der Waals surface area contributed by atoms with Gasteiger partial charge in [-0.3, -0.25) is 0 Å². The first-order chi connectivity index (χ1) is 12.9. The Hall–Kier alpha value is -3.03. The third-order valence-electron chi connectivity index (χ3n) is 4.17. The van der Waals surface area contributed by atoms with Crippen LogP contribution in [0.5, 0.6) is 0 Å². The molecular weight excluding hydrogens is 353 g/mol. The third kappa shape index (κ3) is 5.47. The maximum Gasteiger partial charge on any atom is 0.416 e. The topological polar surface area (TPSA) is 62.9 Å². The van der Waals surface area contributed by atoms with Crippen LogP contribution in [0, 0.1) is 29.6 Å². The predicted octanol–water partition coefficient (Wildman–Crippen LogP) is 3.85. The molecule has 0 unspecified atom stereocenters. The number of piperazine rings is 1. The number of rotatable bonds is 1. The molecule has 0 aliphatic carbocycles. The Balaban J connectivity index is 0.000000244. The van der Waals surface area contributed by atoms with E-state index in [-0.39, 0.29) is 5.56 Å². The van der Waals surface area contributed by atoms with E-state index in [4.69, 9.17) is 10.5 Å². The van der Waals surface area contributed by atoms with Gasteiger partial charge >= 0.3 is 6.18 Å². The van der Waals surface area contributed by atoms with Crippen LogP contribution in [0.2, 0.25) is 0 Å². The van der Waals surface area contributed by atoms with E-state index in [9.17, 15) is 13.2 Å². The minimum Gasteiger partial charge on any atom is -0.368 e. The minimum absolute atomic E-state index is 0.0757. The summed E-state index contributed by atoms with van der Waals surface area (Å²) in [5.74, 6) is 0. The van der Waals surface area contributed by atoms with E-state index < -0.39 is 11.7 Å². The highest BCUT2D eigenvalue weighted by Crippen LogP contribution is 2.32. The molecule has 0 bridgehead atoms. The van der Waals surface area contributed by atoms with Gasteiger partial charge in [0.25, 0.3) is 0 Å². The molecule has 3 rings (SSSR count). The lowest BCUT2D eigenvalue weighted by Gasteiger charge is -2.30. The molecule has 0 saturated carbocycles. The first-order valence-electron chi connectivity index (χ1n) is 8.39. The van der Waals surface area contributed by atoms with Crippen LogP contribution in [0.15, 0.2) is 42.5 Å². The Morgan fingerprint density at radius 1 is 0.963 bits per heavy atom. The van der Waals surface area contributed by atoms with Crippen molar-refractivity contribution in [1.29, 1.82) is 10.5 Å². The normalized spacial score (nSPS) is 13.8. The number of benzene rings is 2. The zero-order valence-electron chi connectivity index (χ0n) is 14.8. The molecule has 1 aliphatic rings. The molecule has 1 heterocycles. The summed E-state index contributed by atoms with van der Waals surface area (Å²) in [6, 6.07) is 14.8. The largest absolute Gasteiger partial charge is 0.416 e. The molecule has 0 amide bonds. The summed E-state index contributed by atoms with van der Waals surface area (Å²) in [4.78, 5) is 1.93. The van der Waals surface area contributed by atoms with Crippen molar-refractivity contribution in [3.05, 3.63) is 64.7 Å². The number of nitrogens with zero attached hydrogens (tertiary/aromatic N) is 3. The van der Waals surface area contributed by atoms with Crippen LogP contribution >= 0.6 is 0 Å². The quantitative estimate of drug-likeness (QED) is 0.826. The molecule has 1 fully saturated rings. The molecule has 1 N–H and O–H groups in total. The van der Waals surface area contributed by atoms with Crippen LogP contribution < -0.4 is 10.2 Å². The monoisotopic (exact) mass is 372 g/mol. The molecule has 27 heavy (non-hydrogen) atoms. The summed E-state index contributed by atoms with van der Waals surface area (Å²) < 4.78 is 37.6. The lowest BCUT2D eigenvalue weighted by molar-refractivity contribution is -0.137. The van der Waals surface area contributed by atoms with Gasteiger partial charge in [0.2, 0.25) is 0 Å². The molecule has 0 atom stereocenters. The van der Waals surface area contributed by atoms with Crippen molar-refractivity contribution in [3.63, 3.8) is 0 Å². The molecule has 0 aromatic heterocycles. The van der Waals surface area contributed by atoms with Gasteiger partial charge in [0.15, 0.2) is 0 Å². The van der Waals surface area contributed by atoms with Gasteiger partial charge in [0, 0.05) is 26.2 Å². The van der Waals surface area contributed by atoms with Gasteiger partial charge in [0.1, 0.15) is 6.07 Å². The average molecular weight is 372 g/mol. The Morgan fingerprint density at radius 3 is 2.11 bits per heavy atom. The van der Waals surface area contributed by atoms with Crippen molar-refractivity contribution in [2.75, 3.05) is 31.1 Å². The van der Waals surface area contributed by atoms with Crippen LogP contribution in [0.1, 0.15) is 22.3 Å². The predicted molar refractivity (Wildman–Crippen MR) is 97.1 cm³/mol. The number of halogens is 3. The highest BCUT2D eigenvalue weighted by atomic mass is 19.4. The third-order valence-corrected chi connectivity index (χ3v) is 4.17. The fourth-order valence-corrected chi connectivity index (χ4v) is 2.68. The Morgan fingerprint density at radius 2 is 1.59 bits per heavy atom. The summed E-state index contributed by atoms with van der Waals surface area (Å²) in [6.45, 7) is 4.86. The van der Waals surface area contributed by atoms with Gasteiger partial charge in [-0.15, -0.1) is 0 Å². The Kier molecular flexibility index (Phi) is 6.81. The van der Waals surface area contributed by atoms with E-state index in [1.807, 2.05) is 42.2 Å². The number of hydrogen-bond acceptors (Lipinski definition) is 4. The number of aryl methyl sites for hydroxylation is 1. The molecule has 4 nitrogen and oxygen atoms in total. The van der Waals surface area contributed by atoms with Crippen LogP contribution in [-0.4, -0.2) is 26.2 Å². The second-order valence-electron chi connectivity index (χ2n) is 6.01. The first-order valence-corrected chi connectivity index (χ1v) is 8.39. The van der Waals surface area contributed by atoms with E-state index in [0.29, 0.717) is 18.8 Å². The lowest BCUT2D eigenvalue weighted by Crippen LogP contribution is -2.43. The second kappa shape index (κ2) is 9.07. The minimum atomic E-state index is -4.41. The molecule has 7 heteroatoms. The Bertz CT molecular complexity index is 857. The van der Waals surface area contributed by atoms with Crippen molar-refractivity contribution >= 4 is 5.69 Å².